The van der Waals surface area contributed by atoms with Gasteiger partial charge in [0.2, 0.25) is 0 Å². The van der Waals surface area contributed by atoms with Crippen molar-refractivity contribution in [2.75, 3.05) is 7.11 Å². The molecule has 2 rings (SSSR count). The van der Waals surface area contributed by atoms with Gasteiger partial charge in [-0.15, -0.1) is 0 Å². The molecule has 0 aliphatic carbocycles. The van der Waals surface area contributed by atoms with E-state index in [1.165, 1.54) is 19.2 Å². The summed E-state index contributed by atoms with van der Waals surface area (Å²) in [6, 6.07) is 7.78. The Morgan fingerprint density at radius 1 is 0.950 bits per heavy atom. The Morgan fingerprint density at radius 3 is 1.90 bits per heavy atom. The molecule has 0 aromatic heterocycles. The average Bonchev–Trinajstić information content (AvgIpc) is 2.36. The first-order chi connectivity index (χ1) is 9.42. The fraction of sp³-hybridized carbons (Fsp3) is 0.143. The number of rotatable bonds is 3. The van der Waals surface area contributed by atoms with Crippen molar-refractivity contribution < 1.29 is 13.5 Å². The van der Waals surface area contributed by atoms with Gasteiger partial charge < -0.3 is 4.74 Å². The Labute approximate surface area is 140 Å². The standard InChI is InChI=1S/C14H9Br3F2O/c1-20-10-5-11(18)13(12(19)6-10)14(17)7-2-8(15)4-9(16)3-7/h2-6,14H,1H3. The minimum Gasteiger partial charge on any atom is -0.497 e. The molecule has 1 unspecified atom stereocenters. The molecule has 0 saturated heterocycles. The van der Waals surface area contributed by atoms with Crippen LogP contribution in [-0.2, 0) is 0 Å². The zero-order valence-electron chi connectivity index (χ0n) is 10.3. The minimum absolute atomic E-state index is 0.0456. The van der Waals surface area contributed by atoms with Crippen molar-refractivity contribution in [1.82, 2.24) is 0 Å². The van der Waals surface area contributed by atoms with Crippen LogP contribution in [-0.4, -0.2) is 7.11 Å². The molecule has 0 amide bonds. The molecule has 1 nitrogen and oxygen atoms in total. The molecule has 0 saturated carbocycles. The molecular formula is C14H9Br3F2O. The van der Waals surface area contributed by atoms with E-state index in [-0.39, 0.29) is 11.3 Å². The number of alkyl halides is 1. The first kappa shape index (κ1) is 15.9. The SMILES string of the molecule is COc1cc(F)c(C(Br)c2cc(Br)cc(Br)c2)c(F)c1. The summed E-state index contributed by atoms with van der Waals surface area (Å²) < 4.78 is 34.6. The van der Waals surface area contributed by atoms with Crippen LogP contribution in [0, 0.1) is 11.6 Å². The van der Waals surface area contributed by atoms with Crippen LogP contribution in [0.25, 0.3) is 0 Å². The smallest absolute Gasteiger partial charge is 0.134 e. The van der Waals surface area contributed by atoms with Gasteiger partial charge in [-0.2, -0.15) is 0 Å². The number of benzene rings is 2. The molecule has 0 radical (unpaired) electrons. The summed E-state index contributed by atoms with van der Waals surface area (Å²) in [6.45, 7) is 0. The topological polar surface area (TPSA) is 9.23 Å². The molecule has 106 valence electrons. The number of methoxy groups -OCH3 is 1. The second-order valence-electron chi connectivity index (χ2n) is 4.07. The van der Waals surface area contributed by atoms with E-state index in [1.807, 2.05) is 6.07 Å². The second kappa shape index (κ2) is 6.54. The first-order valence-corrected chi connectivity index (χ1v) is 8.05. The van der Waals surface area contributed by atoms with E-state index < -0.39 is 16.5 Å². The molecule has 0 aliphatic rings. The van der Waals surface area contributed by atoms with Gasteiger partial charge in [0.15, 0.2) is 0 Å². The van der Waals surface area contributed by atoms with Crippen molar-refractivity contribution in [1.29, 1.82) is 0 Å². The van der Waals surface area contributed by atoms with Gasteiger partial charge in [-0.25, -0.2) is 8.78 Å². The Hall–Kier alpha value is -0.460. The molecule has 0 aliphatic heterocycles. The van der Waals surface area contributed by atoms with Crippen molar-refractivity contribution in [2.45, 2.75) is 4.83 Å². The van der Waals surface area contributed by atoms with Crippen LogP contribution in [0.4, 0.5) is 8.78 Å². The summed E-state index contributed by atoms with van der Waals surface area (Å²) in [5.74, 6) is -1.15. The quantitative estimate of drug-likeness (QED) is 0.501. The lowest BCUT2D eigenvalue weighted by atomic mass is 10.0. The summed E-state index contributed by atoms with van der Waals surface area (Å²) in [7, 11) is 1.37. The highest BCUT2D eigenvalue weighted by Crippen LogP contribution is 2.37. The van der Waals surface area contributed by atoms with Crippen LogP contribution in [0.3, 0.4) is 0 Å². The minimum atomic E-state index is -0.653. The molecule has 2 aromatic carbocycles. The molecule has 1 atom stereocenters. The fourth-order valence-electron chi connectivity index (χ4n) is 1.81. The monoisotopic (exact) mass is 468 g/mol. The lowest BCUT2D eigenvalue weighted by Crippen LogP contribution is -2.02. The van der Waals surface area contributed by atoms with Gasteiger partial charge >= 0.3 is 0 Å². The predicted octanol–water partition coefficient (Wildman–Crippen LogP) is 5.98. The summed E-state index contributed by atoms with van der Waals surface area (Å²) >= 11 is 10.1. The van der Waals surface area contributed by atoms with Crippen molar-refractivity contribution in [3.63, 3.8) is 0 Å². The Bertz CT molecular complexity index is 603. The van der Waals surface area contributed by atoms with E-state index in [1.54, 1.807) is 12.1 Å². The highest BCUT2D eigenvalue weighted by atomic mass is 79.9. The van der Waals surface area contributed by atoms with Gasteiger partial charge in [0.05, 0.1) is 11.9 Å². The van der Waals surface area contributed by atoms with E-state index in [0.717, 1.165) is 14.5 Å². The highest BCUT2D eigenvalue weighted by Gasteiger charge is 2.21. The summed E-state index contributed by atoms with van der Waals surface area (Å²) in [6.07, 6.45) is 0. The Balaban J connectivity index is 2.50. The lowest BCUT2D eigenvalue weighted by Gasteiger charge is -2.14. The number of hydrogen-bond donors (Lipinski definition) is 0. The van der Waals surface area contributed by atoms with Crippen molar-refractivity contribution in [3.05, 3.63) is 62.0 Å². The van der Waals surface area contributed by atoms with Gasteiger partial charge in [0.1, 0.15) is 17.4 Å². The molecule has 0 bridgehead atoms. The zero-order chi connectivity index (χ0) is 14.9. The van der Waals surface area contributed by atoms with Gasteiger partial charge in [-0.3, -0.25) is 0 Å². The largest absolute Gasteiger partial charge is 0.497 e. The molecule has 0 fully saturated rings. The van der Waals surface area contributed by atoms with Crippen LogP contribution in [0.5, 0.6) is 5.75 Å². The van der Waals surface area contributed by atoms with Crippen LogP contribution in [0.15, 0.2) is 39.3 Å². The third-order valence-corrected chi connectivity index (χ3v) is 4.62. The van der Waals surface area contributed by atoms with Gasteiger partial charge in [0, 0.05) is 26.6 Å². The Morgan fingerprint density at radius 2 is 1.45 bits per heavy atom. The second-order valence-corrected chi connectivity index (χ2v) is 6.82. The summed E-state index contributed by atoms with van der Waals surface area (Å²) in [5, 5.41) is 0. The summed E-state index contributed by atoms with van der Waals surface area (Å²) in [4.78, 5) is -0.595. The fourth-order valence-corrected chi connectivity index (χ4v) is 3.84. The van der Waals surface area contributed by atoms with E-state index >= 15 is 0 Å². The molecule has 0 spiro atoms. The van der Waals surface area contributed by atoms with E-state index in [9.17, 15) is 8.78 Å². The van der Waals surface area contributed by atoms with Crippen LogP contribution in [0.2, 0.25) is 0 Å². The van der Waals surface area contributed by atoms with E-state index in [4.69, 9.17) is 4.74 Å². The molecule has 0 N–H and O–H groups in total. The molecule has 0 heterocycles. The van der Waals surface area contributed by atoms with E-state index in [2.05, 4.69) is 47.8 Å². The van der Waals surface area contributed by atoms with Crippen LogP contribution in [0.1, 0.15) is 16.0 Å². The van der Waals surface area contributed by atoms with Crippen molar-refractivity contribution >= 4 is 47.8 Å². The highest BCUT2D eigenvalue weighted by molar-refractivity contribution is 9.11. The zero-order valence-corrected chi connectivity index (χ0v) is 15.0. The maximum Gasteiger partial charge on any atom is 0.134 e. The number of hydrogen-bond acceptors (Lipinski definition) is 1. The molecule has 6 heteroatoms. The van der Waals surface area contributed by atoms with Gasteiger partial charge in [0.25, 0.3) is 0 Å². The molecule has 2 aromatic rings. The normalized spacial score (nSPS) is 12.3. The third-order valence-electron chi connectivity index (χ3n) is 2.72. The number of halogens is 5. The van der Waals surface area contributed by atoms with Crippen molar-refractivity contribution in [2.24, 2.45) is 0 Å². The first-order valence-electron chi connectivity index (χ1n) is 5.55. The van der Waals surface area contributed by atoms with Crippen LogP contribution >= 0.6 is 47.8 Å². The van der Waals surface area contributed by atoms with E-state index in [0.29, 0.717) is 0 Å². The molecule has 20 heavy (non-hydrogen) atoms. The average molecular weight is 471 g/mol. The van der Waals surface area contributed by atoms with Gasteiger partial charge in [-0.1, -0.05) is 47.8 Å². The van der Waals surface area contributed by atoms with Crippen molar-refractivity contribution in [3.8, 4) is 5.75 Å². The maximum absolute atomic E-state index is 14.1. The summed E-state index contributed by atoms with van der Waals surface area (Å²) in [5.41, 5.74) is 0.685. The van der Waals surface area contributed by atoms with Gasteiger partial charge in [-0.05, 0) is 23.8 Å². The maximum atomic E-state index is 14.1. The van der Waals surface area contributed by atoms with Crippen LogP contribution < -0.4 is 4.74 Å². The number of ether oxygens (including phenoxy) is 1. The third kappa shape index (κ3) is 3.40. The molecular weight excluding hydrogens is 462 g/mol. The predicted molar refractivity (Wildman–Crippen MR) is 85.5 cm³/mol. The lowest BCUT2D eigenvalue weighted by molar-refractivity contribution is 0.405. The Kier molecular flexibility index (Phi) is 5.20.